The Kier molecular flexibility index (Phi) is 1.76. The highest BCUT2D eigenvalue weighted by atomic mass is 32.2. The highest BCUT2D eigenvalue weighted by Crippen LogP contribution is 2.20. The zero-order chi connectivity index (χ0) is 9.47. The van der Waals surface area contributed by atoms with Crippen LogP contribution in [0.15, 0.2) is 12.1 Å². The Labute approximate surface area is 77.1 Å². The molecule has 1 N–H and O–H groups in total. The van der Waals surface area contributed by atoms with Crippen molar-refractivity contribution in [2.45, 2.75) is 13.3 Å². The fourth-order valence-electron chi connectivity index (χ4n) is 1.34. The first-order valence-electron chi connectivity index (χ1n) is 4.04. The van der Waals surface area contributed by atoms with Gasteiger partial charge in [0.1, 0.15) is 0 Å². The molecule has 0 radical (unpaired) electrons. The molecule has 5 heteroatoms. The van der Waals surface area contributed by atoms with E-state index in [1.54, 1.807) is 12.1 Å². The Bertz CT molecular complexity index is 439. The number of aromatic nitrogens is 1. The maximum atomic E-state index is 11.2. The fraction of sp³-hybridized carbons (Fsp3) is 0.375. The van der Waals surface area contributed by atoms with Gasteiger partial charge >= 0.3 is 0 Å². The first-order chi connectivity index (χ1) is 6.07. The lowest BCUT2D eigenvalue weighted by molar-refractivity contribution is 0.598. The van der Waals surface area contributed by atoms with Gasteiger partial charge in [0.15, 0.2) is 0 Å². The van der Waals surface area contributed by atoms with Crippen LogP contribution in [0.4, 0.5) is 5.69 Å². The second-order valence-corrected chi connectivity index (χ2v) is 4.96. The lowest BCUT2D eigenvalue weighted by Gasteiger charge is -2.17. The molecule has 1 aromatic rings. The number of pyridine rings is 1. The molecule has 0 unspecified atom stereocenters. The smallest absolute Gasteiger partial charge is 0.233 e. The van der Waals surface area contributed by atoms with E-state index in [2.05, 4.69) is 9.71 Å². The van der Waals surface area contributed by atoms with Gasteiger partial charge in [0, 0.05) is 12.1 Å². The van der Waals surface area contributed by atoms with Crippen LogP contribution in [0, 0.1) is 6.92 Å². The van der Waals surface area contributed by atoms with E-state index in [4.69, 9.17) is 0 Å². The van der Waals surface area contributed by atoms with E-state index < -0.39 is 10.0 Å². The molecule has 2 heterocycles. The molecule has 0 bridgehead atoms. The summed E-state index contributed by atoms with van der Waals surface area (Å²) in [4.78, 5) is 4.25. The van der Waals surface area contributed by atoms with Gasteiger partial charge in [0.25, 0.3) is 0 Å². The fourth-order valence-corrected chi connectivity index (χ4v) is 2.43. The Morgan fingerprint density at radius 3 is 3.00 bits per heavy atom. The number of anilines is 1. The van der Waals surface area contributed by atoms with Crippen LogP contribution >= 0.6 is 0 Å². The normalized spacial score (nSPS) is 18.8. The largest absolute Gasteiger partial charge is 0.282 e. The summed E-state index contributed by atoms with van der Waals surface area (Å²) in [5.41, 5.74) is 2.38. The minimum Gasteiger partial charge on any atom is -0.282 e. The summed E-state index contributed by atoms with van der Waals surface area (Å²) >= 11 is 0. The van der Waals surface area contributed by atoms with Crippen LogP contribution in [0.2, 0.25) is 0 Å². The van der Waals surface area contributed by atoms with Crippen molar-refractivity contribution < 1.29 is 8.42 Å². The van der Waals surface area contributed by atoms with Gasteiger partial charge in [-0.05, 0) is 19.1 Å². The number of aryl methyl sites for hydroxylation is 2. The van der Waals surface area contributed by atoms with E-state index in [1.165, 1.54) is 0 Å². The van der Waals surface area contributed by atoms with E-state index in [0.29, 0.717) is 12.1 Å². The molecule has 0 atom stereocenters. The monoisotopic (exact) mass is 198 g/mol. The lowest BCUT2D eigenvalue weighted by atomic mass is 10.2. The first kappa shape index (κ1) is 8.50. The zero-order valence-corrected chi connectivity index (χ0v) is 8.06. The maximum absolute atomic E-state index is 11.2. The highest BCUT2D eigenvalue weighted by molar-refractivity contribution is 7.92. The quantitative estimate of drug-likeness (QED) is 0.667. The molecule has 0 saturated carbocycles. The Morgan fingerprint density at radius 2 is 2.23 bits per heavy atom. The standard InChI is InChI=1S/C8H10N2O2S/c1-6-2-3-8-7(9-6)4-5-13(11,12)10-8/h2-3,10H,4-5H2,1H3. The van der Waals surface area contributed by atoms with Crippen molar-refractivity contribution in [3.05, 3.63) is 23.5 Å². The average Bonchev–Trinajstić information content (AvgIpc) is 2.05. The second kappa shape index (κ2) is 2.70. The van der Waals surface area contributed by atoms with Crippen LogP contribution in [0.25, 0.3) is 0 Å². The van der Waals surface area contributed by atoms with Gasteiger partial charge in [0.2, 0.25) is 10.0 Å². The number of fused-ring (bicyclic) bond motifs is 1. The number of rotatable bonds is 0. The zero-order valence-electron chi connectivity index (χ0n) is 7.24. The van der Waals surface area contributed by atoms with Crippen molar-refractivity contribution in [3.63, 3.8) is 0 Å². The van der Waals surface area contributed by atoms with Crippen LogP contribution in [0.5, 0.6) is 0 Å². The molecule has 4 nitrogen and oxygen atoms in total. The van der Waals surface area contributed by atoms with Crippen molar-refractivity contribution in [3.8, 4) is 0 Å². The van der Waals surface area contributed by atoms with Gasteiger partial charge in [-0.25, -0.2) is 8.42 Å². The molecule has 1 aliphatic heterocycles. The summed E-state index contributed by atoms with van der Waals surface area (Å²) in [6.45, 7) is 1.89. The summed E-state index contributed by atoms with van der Waals surface area (Å²) in [7, 11) is -3.10. The minimum absolute atomic E-state index is 0.135. The SMILES string of the molecule is Cc1ccc2c(n1)CCS(=O)(=O)N2. The van der Waals surface area contributed by atoms with Gasteiger partial charge in [-0.2, -0.15) is 0 Å². The molecule has 0 spiro atoms. The number of nitrogens with zero attached hydrogens (tertiary/aromatic N) is 1. The van der Waals surface area contributed by atoms with E-state index in [1.807, 2.05) is 6.92 Å². The average molecular weight is 198 g/mol. The number of nitrogens with one attached hydrogen (secondary N) is 1. The molecule has 0 aliphatic carbocycles. The molecule has 70 valence electrons. The third-order valence-corrected chi connectivity index (χ3v) is 3.26. The van der Waals surface area contributed by atoms with Gasteiger partial charge < -0.3 is 0 Å². The summed E-state index contributed by atoms with van der Waals surface area (Å²) < 4.78 is 24.8. The predicted octanol–water partition coefficient (Wildman–Crippen LogP) is 0.688. The number of sulfonamides is 1. The predicted molar refractivity (Wildman–Crippen MR) is 50.1 cm³/mol. The summed E-state index contributed by atoms with van der Waals surface area (Å²) in [6, 6.07) is 3.56. The Morgan fingerprint density at radius 1 is 1.46 bits per heavy atom. The van der Waals surface area contributed by atoms with Crippen LogP contribution in [-0.2, 0) is 16.4 Å². The Hall–Kier alpha value is -1.10. The van der Waals surface area contributed by atoms with Crippen LogP contribution in [0.1, 0.15) is 11.4 Å². The second-order valence-electron chi connectivity index (χ2n) is 3.12. The van der Waals surface area contributed by atoms with Gasteiger partial charge in [-0.15, -0.1) is 0 Å². The molecule has 1 aromatic heterocycles. The number of hydrogen-bond donors (Lipinski definition) is 1. The first-order valence-corrected chi connectivity index (χ1v) is 5.69. The summed E-state index contributed by atoms with van der Waals surface area (Å²) in [5.74, 6) is 0.135. The molecule has 2 rings (SSSR count). The summed E-state index contributed by atoms with van der Waals surface area (Å²) in [5, 5.41) is 0. The summed E-state index contributed by atoms with van der Waals surface area (Å²) in [6.07, 6.45) is 0.506. The molecule has 13 heavy (non-hydrogen) atoms. The van der Waals surface area contributed by atoms with Crippen LogP contribution in [0.3, 0.4) is 0 Å². The highest BCUT2D eigenvalue weighted by Gasteiger charge is 2.20. The van der Waals surface area contributed by atoms with Crippen molar-refractivity contribution in [1.29, 1.82) is 0 Å². The topological polar surface area (TPSA) is 59.1 Å². The van der Waals surface area contributed by atoms with Gasteiger partial charge in [0.05, 0.1) is 17.1 Å². The molecular formula is C8H10N2O2S. The van der Waals surface area contributed by atoms with Crippen molar-refractivity contribution in [1.82, 2.24) is 4.98 Å². The molecule has 0 fully saturated rings. The van der Waals surface area contributed by atoms with E-state index in [0.717, 1.165) is 11.4 Å². The lowest BCUT2D eigenvalue weighted by Crippen LogP contribution is -2.24. The van der Waals surface area contributed by atoms with Gasteiger partial charge in [-0.1, -0.05) is 0 Å². The molecular weight excluding hydrogens is 188 g/mol. The molecule has 0 saturated heterocycles. The maximum Gasteiger partial charge on any atom is 0.233 e. The third-order valence-electron chi connectivity index (χ3n) is 1.99. The number of hydrogen-bond acceptors (Lipinski definition) is 3. The Balaban J connectivity index is 2.48. The third kappa shape index (κ3) is 1.65. The minimum atomic E-state index is -3.10. The van der Waals surface area contributed by atoms with Crippen molar-refractivity contribution in [2.24, 2.45) is 0 Å². The van der Waals surface area contributed by atoms with E-state index >= 15 is 0 Å². The molecule has 0 amide bonds. The molecule has 1 aliphatic rings. The van der Waals surface area contributed by atoms with E-state index in [-0.39, 0.29) is 5.75 Å². The molecule has 0 aromatic carbocycles. The van der Waals surface area contributed by atoms with E-state index in [9.17, 15) is 8.42 Å². The van der Waals surface area contributed by atoms with Crippen molar-refractivity contribution >= 4 is 15.7 Å². The van der Waals surface area contributed by atoms with Crippen LogP contribution < -0.4 is 4.72 Å². The van der Waals surface area contributed by atoms with Gasteiger partial charge in [-0.3, -0.25) is 9.71 Å². The van der Waals surface area contributed by atoms with Crippen LogP contribution in [-0.4, -0.2) is 19.2 Å². The van der Waals surface area contributed by atoms with Crippen molar-refractivity contribution in [2.75, 3.05) is 10.5 Å².